The molecule has 3 aromatic rings. The first kappa shape index (κ1) is 22.6. The standard InChI is InChI=1S/C25H26FN5O2/c1-18(25(32)31(15-7-13-27)22-11-3-2-4-12-22)30-14-6-9-20(17-30)24-28-23(29-33-24)19-8-5-10-21(26)16-19/h2-5,8,10-12,16,18,20H,6-7,9,14-15,17H2,1H3. The first-order valence-corrected chi connectivity index (χ1v) is 11.1. The van der Waals surface area contributed by atoms with E-state index in [1.807, 2.05) is 37.3 Å². The van der Waals surface area contributed by atoms with E-state index in [1.165, 1.54) is 12.1 Å². The molecule has 0 aliphatic carbocycles. The molecule has 8 heteroatoms. The van der Waals surface area contributed by atoms with Gasteiger partial charge < -0.3 is 9.42 Å². The summed E-state index contributed by atoms with van der Waals surface area (Å²) in [4.78, 5) is 21.7. The quantitative estimate of drug-likeness (QED) is 0.534. The number of benzene rings is 2. The highest BCUT2D eigenvalue weighted by atomic mass is 19.1. The van der Waals surface area contributed by atoms with Crippen molar-refractivity contribution in [2.24, 2.45) is 0 Å². The zero-order chi connectivity index (χ0) is 23.2. The van der Waals surface area contributed by atoms with E-state index in [1.54, 1.807) is 17.0 Å². The monoisotopic (exact) mass is 447 g/mol. The van der Waals surface area contributed by atoms with Crippen molar-refractivity contribution < 1.29 is 13.7 Å². The van der Waals surface area contributed by atoms with Crippen molar-refractivity contribution in [3.63, 3.8) is 0 Å². The molecule has 1 aliphatic heterocycles. The molecular formula is C25H26FN5O2. The first-order chi connectivity index (χ1) is 16.1. The molecule has 2 atom stereocenters. The summed E-state index contributed by atoms with van der Waals surface area (Å²) in [6.45, 7) is 3.65. The number of anilines is 1. The predicted octanol–water partition coefficient (Wildman–Crippen LogP) is 4.39. The molecule has 2 unspecified atom stereocenters. The van der Waals surface area contributed by atoms with Crippen LogP contribution in [0.4, 0.5) is 10.1 Å². The van der Waals surface area contributed by atoms with Crippen LogP contribution in [0.25, 0.3) is 11.4 Å². The number of hydrogen-bond donors (Lipinski definition) is 0. The molecule has 170 valence electrons. The number of carbonyl (C=O) groups is 1. The van der Waals surface area contributed by atoms with Crippen LogP contribution in [-0.4, -0.2) is 46.6 Å². The predicted molar refractivity (Wildman–Crippen MR) is 122 cm³/mol. The van der Waals surface area contributed by atoms with Gasteiger partial charge >= 0.3 is 0 Å². The molecule has 4 rings (SSSR count). The normalized spacial score (nSPS) is 17.3. The maximum atomic E-state index is 13.5. The highest BCUT2D eigenvalue weighted by Gasteiger charge is 2.33. The minimum Gasteiger partial charge on any atom is -0.339 e. The van der Waals surface area contributed by atoms with E-state index in [4.69, 9.17) is 9.78 Å². The fraction of sp³-hybridized carbons (Fsp3) is 0.360. The lowest BCUT2D eigenvalue weighted by molar-refractivity contribution is -0.123. The molecule has 2 aromatic carbocycles. The van der Waals surface area contributed by atoms with E-state index >= 15 is 0 Å². The zero-order valence-electron chi connectivity index (χ0n) is 18.5. The Kier molecular flexibility index (Phi) is 7.10. The fourth-order valence-corrected chi connectivity index (χ4v) is 4.22. The van der Waals surface area contributed by atoms with Crippen LogP contribution in [-0.2, 0) is 4.79 Å². The van der Waals surface area contributed by atoms with Crippen LogP contribution in [0.1, 0.15) is 38.0 Å². The number of amides is 1. The summed E-state index contributed by atoms with van der Waals surface area (Å²) >= 11 is 0. The first-order valence-electron chi connectivity index (χ1n) is 11.1. The highest BCUT2D eigenvalue weighted by Crippen LogP contribution is 2.29. The van der Waals surface area contributed by atoms with E-state index in [9.17, 15) is 9.18 Å². The molecule has 0 saturated carbocycles. The van der Waals surface area contributed by atoms with E-state index in [-0.39, 0.29) is 30.1 Å². The molecule has 0 spiro atoms. The largest absolute Gasteiger partial charge is 0.339 e. The third-order valence-electron chi connectivity index (χ3n) is 6.01. The number of carbonyl (C=O) groups excluding carboxylic acids is 1. The van der Waals surface area contributed by atoms with Crippen LogP contribution in [0.15, 0.2) is 59.1 Å². The summed E-state index contributed by atoms with van der Waals surface area (Å²) in [5, 5.41) is 13.1. The maximum absolute atomic E-state index is 13.5. The van der Waals surface area contributed by atoms with Gasteiger partial charge in [-0.25, -0.2) is 4.39 Å². The Hall–Kier alpha value is -3.57. The van der Waals surface area contributed by atoms with Gasteiger partial charge in [0.1, 0.15) is 5.82 Å². The van der Waals surface area contributed by atoms with Gasteiger partial charge in [0.25, 0.3) is 0 Å². The Bertz CT molecular complexity index is 1130. The summed E-state index contributed by atoms with van der Waals surface area (Å²) in [7, 11) is 0. The van der Waals surface area contributed by atoms with Gasteiger partial charge in [-0.1, -0.05) is 35.5 Å². The number of rotatable bonds is 7. The second kappa shape index (κ2) is 10.4. The summed E-state index contributed by atoms with van der Waals surface area (Å²) in [5.41, 5.74) is 1.35. The summed E-state index contributed by atoms with van der Waals surface area (Å²) in [5.74, 6) is 0.464. The van der Waals surface area contributed by atoms with Crippen molar-refractivity contribution in [3.05, 3.63) is 66.3 Å². The van der Waals surface area contributed by atoms with E-state index < -0.39 is 0 Å². The van der Waals surface area contributed by atoms with Crippen molar-refractivity contribution in [1.29, 1.82) is 5.26 Å². The van der Waals surface area contributed by atoms with Crippen molar-refractivity contribution in [2.45, 2.75) is 38.1 Å². The second-order valence-corrected chi connectivity index (χ2v) is 8.21. The minimum absolute atomic E-state index is 0.00640. The number of likely N-dealkylation sites (tertiary alicyclic amines) is 1. The number of hydrogen-bond acceptors (Lipinski definition) is 6. The molecule has 0 N–H and O–H groups in total. The number of nitriles is 1. The van der Waals surface area contributed by atoms with Gasteiger partial charge in [0.15, 0.2) is 0 Å². The number of halogens is 1. The molecule has 33 heavy (non-hydrogen) atoms. The third kappa shape index (κ3) is 5.26. The molecular weight excluding hydrogens is 421 g/mol. The van der Waals surface area contributed by atoms with Gasteiger partial charge in [0.2, 0.25) is 17.6 Å². The van der Waals surface area contributed by atoms with Crippen LogP contribution >= 0.6 is 0 Å². The van der Waals surface area contributed by atoms with Crippen molar-refractivity contribution >= 4 is 11.6 Å². The van der Waals surface area contributed by atoms with Crippen molar-refractivity contribution in [2.75, 3.05) is 24.5 Å². The van der Waals surface area contributed by atoms with Crippen LogP contribution < -0.4 is 4.90 Å². The van der Waals surface area contributed by atoms with Crippen molar-refractivity contribution in [3.8, 4) is 17.5 Å². The lowest BCUT2D eigenvalue weighted by Gasteiger charge is -2.37. The molecule has 1 fully saturated rings. The van der Waals surface area contributed by atoms with Crippen LogP contribution in [0, 0.1) is 17.1 Å². The van der Waals surface area contributed by atoms with Crippen LogP contribution in [0.5, 0.6) is 0 Å². The Morgan fingerprint density at radius 2 is 2.12 bits per heavy atom. The molecule has 2 heterocycles. The molecule has 0 radical (unpaired) electrons. The molecule has 1 aliphatic rings. The molecule has 1 amide bonds. The van der Waals surface area contributed by atoms with Gasteiger partial charge in [-0.3, -0.25) is 9.69 Å². The number of aromatic nitrogens is 2. The van der Waals surface area contributed by atoms with Gasteiger partial charge in [-0.05, 0) is 50.6 Å². The van der Waals surface area contributed by atoms with E-state index in [0.29, 0.717) is 30.4 Å². The van der Waals surface area contributed by atoms with Gasteiger partial charge in [0.05, 0.1) is 24.4 Å². The minimum atomic E-state index is -0.364. The third-order valence-corrected chi connectivity index (χ3v) is 6.01. The number of para-hydroxylation sites is 1. The molecule has 1 aromatic heterocycles. The number of piperidine rings is 1. The molecule has 0 bridgehead atoms. The Labute approximate surface area is 192 Å². The lowest BCUT2D eigenvalue weighted by Crippen LogP contribution is -2.50. The van der Waals surface area contributed by atoms with E-state index in [0.717, 1.165) is 25.1 Å². The Morgan fingerprint density at radius 3 is 2.88 bits per heavy atom. The molecule has 7 nitrogen and oxygen atoms in total. The fourth-order valence-electron chi connectivity index (χ4n) is 4.22. The maximum Gasteiger partial charge on any atom is 0.244 e. The smallest absolute Gasteiger partial charge is 0.244 e. The molecule has 1 saturated heterocycles. The van der Waals surface area contributed by atoms with Crippen molar-refractivity contribution in [1.82, 2.24) is 15.0 Å². The Morgan fingerprint density at radius 1 is 1.30 bits per heavy atom. The average Bonchev–Trinajstić information content (AvgIpc) is 3.35. The topological polar surface area (TPSA) is 86.3 Å². The number of nitrogens with zero attached hydrogens (tertiary/aromatic N) is 5. The second-order valence-electron chi connectivity index (χ2n) is 8.21. The summed E-state index contributed by atoms with van der Waals surface area (Å²) < 4.78 is 19.1. The Balaban J connectivity index is 1.47. The van der Waals surface area contributed by atoms with Gasteiger partial charge in [0, 0.05) is 24.3 Å². The summed E-state index contributed by atoms with van der Waals surface area (Å²) in [6, 6.07) is 17.3. The van der Waals surface area contributed by atoms with Gasteiger partial charge in [-0.2, -0.15) is 10.2 Å². The van der Waals surface area contributed by atoms with E-state index in [2.05, 4.69) is 21.1 Å². The van der Waals surface area contributed by atoms with Crippen LogP contribution in [0.3, 0.4) is 0 Å². The highest BCUT2D eigenvalue weighted by molar-refractivity contribution is 5.97. The van der Waals surface area contributed by atoms with Gasteiger partial charge in [-0.15, -0.1) is 0 Å². The SMILES string of the molecule is CC(C(=O)N(CCC#N)c1ccccc1)N1CCCC(c2nc(-c3cccc(F)c3)no2)C1. The van der Waals surface area contributed by atoms with Crippen LogP contribution in [0.2, 0.25) is 0 Å². The zero-order valence-corrected chi connectivity index (χ0v) is 18.5. The lowest BCUT2D eigenvalue weighted by atomic mass is 9.96. The summed E-state index contributed by atoms with van der Waals surface area (Å²) in [6.07, 6.45) is 2.03. The average molecular weight is 448 g/mol.